The van der Waals surface area contributed by atoms with Crippen molar-refractivity contribution in [1.29, 1.82) is 0 Å². The molecule has 0 fully saturated rings. The predicted molar refractivity (Wildman–Crippen MR) is 104 cm³/mol. The molecule has 3 aromatic rings. The van der Waals surface area contributed by atoms with Crippen LogP contribution in [0.5, 0.6) is 5.75 Å². The summed E-state index contributed by atoms with van der Waals surface area (Å²) in [5, 5.41) is 0.0634. The molecule has 4 heteroatoms. The zero-order chi connectivity index (χ0) is 18.4. The second kappa shape index (κ2) is 8.50. The van der Waals surface area contributed by atoms with Crippen LogP contribution in [0.25, 0.3) is 0 Å². The van der Waals surface area contributed by atoms with Crippen LogP contribution in [-0.2, 0) is 11.2 Å². The van der Waals surface area contributed by atoms with Crippen molar-refractivity contribution >= 4 is 22.8 Å². The van der Waals surface area contributed by atoms with E-state index in [2.05, 4.69) is 0 Å². The fourth-order valence-electron chi connectivity index (χ4n) is 2.35. The molecule has 0 N–H and O–H groups in total. The van der Waals surface area contributed by atoms with Gasteiger partial charge >= 0.3 is 5.97 Å². The topological polar surface area (TPSA) is 43.4 Å². The van der Waals surface area contributed by atoms with E-state index < -0.39 is 5.97 Å². The number of rotatable bonds is 5. The Morgan fingerprint density at radius 2 is 1.50 bits per heavy atom. The first-order valence-corrected chi connectivity index (χ1v) is 9.05. The summed E-state index contributed by atoms with van der Waals surface area (Å²) < 4.78 is 5.30. The molecule has 0 aliphatic rings. The molecule has 0 aromatic heterocycles. The monoisotopic (exact) mass is 362 g/mol. The smallest absolute Gasteiger partial charge is 0.343 e. The molecule has 0 amide bonds. The van der Waals surface area contributed by atoms with Crippen molar-refractivity contribution in [2.75, 3.05) is 0 Å². The van der Waals surface area contributed by atoms with Crippen LogP contribution in [0.3, 0.4) is 0 Å². The van der Waals surface area contributed by atoms with Gasteiger partial charge in [0.2, 0.25) is 0 Å². The molecule has 0 unspecified atom stereocenters. The Morgan fingerprint density at radius 1 is 0.846 bits per heavy atom. The van der Waals surface area contributed by atoms with Crippen molar-refractivity contribution in [3.05, 3.63) is 95.6 Å². The number of para-hydroxylation sites is 1. The molecule has 0 aliphatic heterocycles. The molecule has 0 saturated heterocycles. The van der Waals surface area contributed by atoms with Crippen LogP contribution in [0.4, 0.5) is 0 Å². The molecule has 130 valence electrons. The summed E-state index contributed by atoms with van der Waals surface area (Å²) in [5.41, 5.74) is 2.62. The highest BCUT2D eigenvalue weighted by Crippen LogP contribution is 2.22. The van der Waals surface area contributed by atoms with Crippen molar-refractivity contribution in [2.24, 2.45) is 0 Å². The highest BCUT2D eigenvalue weighted by molar-refractivity contribution is 8.13. The first-order chi connectivity index (χ1) is 12.6. The van der Waals surface area contributed by atoms with Crippen LogP contribution in [0, 0.1) is 6.92 Å². The molecule has 0 aliphatic carbocycles. The Balaban J connectivity index is 1.57. The minimum Gasteiger partial charge on any atom is -0.423 e. The van der Waals surface area contributed by atoms with E-state index >= 15 is 0 Å². The quantitative estimate of drug-likeness (QED) is 0.361. The minimum atomic E-state index is -0.418. The normalized spacial score (nSPS) is 10.3. The third-order valence-electron chi connectivity index (χ3n) is 3.74. The molecule has 0 heterocycles. The molecule has 26 heavy (non-hydrogen) atoms. The van der Waals surface area contributed by atoms with E-state index in [0.717, 1.165) is 10.5 Å². The number of carbonyl (C=O) groups is 2. The largest absolute Gasteiger partial charge is 0.423 e. The van der Waals surface area contributed by atoms with E-state index in [-0.39, 0.29) is 5.12 Å². The zero-order valence-electron chi connectivity index (χ0n) is 14.3. The number of hydrogen-bond acceptors (Lipinski definition) is 4. The summed E-state index contributed by atoms with van der Waals surface area (Å²) in [6, 6.07) is 23.7. The van der Waals surface area contributed by atoms with Crippen molar-refractivity contribution in [1.82, 2.24) is 0 Å². The predicted octanol–water partition coefficient (Wildman–Crippen LogP) is 5.08. The van der Waals surface area contributed by atoms with Gasteiger partial charge in [0.05, 0.1) is 5.56 Å². The third kappa shape index (κ3) is 5.07. The van der Waals surface area contributed by atoms with E-state index in [0.29, 0.717) is 17.7 Å². The third-order valence-corrected chi connectivity index (χ3v) is 4.62. The average Bonchev–Trinajstić information content (AvgIpc) is 2.65. The molecule has 0 bridgehead atoms. The van der Waals surface area contributed by atoms with E-state index in [9.17, 15) is 9.59 Å². The number of ether oxygens (including phenoxy) is 1. The van der Waals surface area contributed by atoms with Crippen LogP contribution in [0.1, 0.15) is 21.5 Å². The van der Waals surface area contributed by atoms with Gasteiger partial charge in [0.25, 0.3) is 0 Å². The number of aryl methyl sites for hydroxylation is 1. The second-order valence-corrected chi connectivity index (χ2v) is 6.99. The lowest BCUT2D eigenvalue weighted by Crippen LogP contribution is -2.08. The van der Waals surface area contributed by atoms with Gasteiger partial charge in [-0.05, 0) is 48.9 Å². The van der Waals surface area contributed by atoms with Gasteiger partial charge in [0, 0.05) is 11.3 Å². The average molecular weight is 362 g/mol. The summed E-state index contributed by atoms with van der Waals surface area (Å²) in [6.45, 7) is 2.02. The van der Waals surface area contributed by atoms with Gasteiger partial charge < -0.3 is 4.74 Å². The molecular formula is C22H18O3S. The summed E-state index contributed by atoms with van der Waals surface area (Å²) >= 11 is 1.18. The molecule has 3 rings (SSSR count). The van der Waals surface area contributed by atoms with Crippen LogP contribution < -0.4 is 4.74 Å². The molecule has 0 saturated carbocycles. The van der Waals surface area contributed by atoms with Gasteiger partial charge in [-0.1, -0.05) is 59.8 Å². The lowest BCUT2D eigenvalue weighted by molar-refractivity contribution is -0.110. The minimum absolute atomic E-state index is 0.0634. The van der Waals surface area contributed by atoms with Crippen LogP contribution in [-0.4, -0.2) is 11.1 Å². The number of thioether (sulfide) groups is 1. The molecule has 0 spiro atoms. The van der Waals surface area contributed by atoms with Gasteiger partial charge in [-0.2, -0.15) is 0 Å². The summed E-state index contributed by atoms with van der Waals surface area (Å²) in [4.78, 5) is 25.1. The van der Waals surface area contributed by atoms with E-state index in [4.69, 9.17) is 4.74 Å². The lowest BCUT2D eigenvalue weighted by Gasteiger charge is -2.05. The first kappa shape index (κ1) is 18.0. The zero-order valence-corrected chi connectivity index (χ0v) is 15.2. The van der Waals surface area contributed by atoms with Gasteiger partial charge in [-0.25, -0.2) is 4.79 Å². The Hall–Kier alpha value is -2.85. The Kier molecular flexibility index (Phi) is 5.87. The Bertz CT molecular complexity index is 885. The van der Waals surface area contributed by atoms with Gasteiger partial charge in [-0.3, -0.25) is 4.79 Å². The fraction of sp³-hybridized carbons (Fsp3) is 0.0909. The highest BCUT2D eigenvalue weighted by atomic mass is 32.2. The summed E-state index contributed by atoms with van der Waals surface area (Å²) in [5.74, 6) is 0.0861. The first-order valence-electron chi connectivity index (χ1n) is 8.24. The standard InChI is InChI=1S/C22H18O3S/c1-16-7-9-17(10-8-16)15-21(23)26-20-13-11-18(12-14-20)22(24)25-19-5-3-2-4-6-19/h2-14H,15H2,1H3. The van der Waals surface area contributed by atoms with E-state index in [1.807, 2.05) is 49.4 Å². The van der Waals surface area contributed by atoms with E-state index in [1.54, 1.807) is 36.4 Å². The molecule has 3 nitrogen and oxygen atoms in total. The SMILES string of the molecule is Cc1ccc(CC(=O)Sc2ccc(C(=O)Oc3ccccc3)cc2)cc1. The van der Waals surface area contributed by atoms with Crippen LogP contribution in [0.15, 0.2) is 83.8 Å². The lowest BCUT2D eigenvalue weighted by atomic mass is 10.1. The van der Waals surface area contributed by atoms with Crippen molar-refractivity contribution in [2.45, 2.75) is 18.2 Å². The Morgan fingerprint density at radius 3 is 2.15 bits per heavy atom. The molecule has 0 radical (unpaired) electrons. The maximum atomic E-state index is 12.2. The van der Waals surface area contributed by atoms with Crippen molar-refractivity contribution < 1.29 is 14.3 Å². The van der Waals surface area contributed by atoms with Crippen LogP contribution in [0.2, 0.25) is 0 Å². The number of carbonyl (C=O) groups excluding carboxylic acids is 2. The Labute approximate surface area is 157 Å². The number of benzene rings is 3. The fourth-order valence-corrected chi connectivity index (χ4v) is 3.13. The number of esters is 1. The van der Waals surface area contributed by atoms with Gasteiger partial charge in [0.15, 0.2) is 5.12 Å². The second-order valence-electron chi connectivity index (χ2n) is 5.86. The highest BCUT2D eigenvalue weighted by Gasteiger charge is 2.10. The molecule has 3 aromatic carbocycles. The van der Waals surface area contributed by atoms with E-state index in [1.165, 1.54) is 17.3 Å². The molecule has 0 atom stereocenters. The summed E-state index contributed by atoms with van der Waals surface area (Å²) in [7, 11) is 0. The summed E-state index contributed by atoms with van der Waals surface area (Å²) in [6.07, 6.45) is 0.378. The van der Waals surface area contributed by atoms with Crippen molar-refractivity contribution in [3.63, 3.8) is 0 Å². The van der Waals surface area contributed by atoms with Gasteiger partial charge in [-0.15, -0.1) is 0 Å². The maximum absolute atomic E-state index is 12.2. The maximum Gasteiger partial charge on any atom is 0.343 e. The van der Waals surface area contributed by atoms with Crippen molar-refractivity contribution in [3.8, 4) is 5.75 Å². The van der Waals surface area contributed by atoms with Crippen LogP contribution >= 0.6 is 11.8 Å². The van der Waals surface area contributed by atoms with Gasteiger partial charge in [0.1, 0.15) is 5.75 Å². The number of hydrogen-bond donors (Lipinski definition) is 0. The molecular weight excluding hydrogens is 344 g/mol.